The molecule has 0 aliphatic heterocycles. The van der Waals surface area contributed by atoms with E-state index in [0.29, 0.717) is 5.41 Å². The number of hydrogen-bond donors (Lipinski definition) is 0. The maximum atomic E-state index is 5.27. The molecule has 0 aromatic carbocycles. The quantitative estimate of drug-likeness (QED) is 0.333. The first-order chi connectivity index (χ1) is 8.47. The summed E-state index contributed by atoms with van der Waals surface area (Å²) in [4.78, 5) is 0. The number of hydrogen-bond acceptors (Lipinski definition) is 0. The minimum absolute atomic E-state index is 0.418. The van der Waals surface area contributed by atoms with Gasteiger partial charge < -0.3 is 0 Å². The molecule has 0 saturated heterocycles. The van der Waals surface area contributed by atoms with Crippen LogP contribution in [0.15, 0.2) is 22.8 Å². The van der Waals surface area contributed by atoms with Crippen molar-refractivity contribution in [1.82, 2.24) is 0 Å². The molecule has 0 aromatic rings. The summed E-state index contributed by atoms with van der Waals surface area (Å²) in [6.07, 6.45) is 15.9. The molecule has 0 aromatic heterocycles. The van der Waals surface area contributed by atoms with Crippen LogP contribution in [0.25, 0.3) is 0 Å². The van der Waals surface area contributed by atoms with E-state index in [2.05, 4.69) is 39.7 Å². The van der Waals surface area contributed by atoms with Crippen LogP contribution in [0.5, 0.6) is 0 Å². The van der Waals surface area contributed by atoms with Crippen molar-refractivity contribution in [2.45, 2.75) is 72.6 Å². The van der Waals surface area contributed by atoms with Crippen molar-refractivity contribution in [2.75, 3.05) is 0 Å². The summed E-state index contributed by atoms with van der Waals surface area (Å²) >= 11 is 0. The monoisotopic (exact) mass is 244 g/mol. The normalized spacial score (nSPS) is 19.8. The standard InChI is InChI=1S/C18H28/c1-6-7-8-10-15(2)12-13-17-16(3)11-9-14-18(17,4)5/h1,10H,7-9,11-14H2,2-5H3/b15-10+. The highest BCUT2D eigenvalue weighted by Crippen LogP contribution is 2.42. The van der Waals surface area contributed by atoms with Gasteiger partial charge in [0.1, 0.15) is 0 Å². The van der Waals surface area contributed by atoms with Gasteiger partial charge in [-0.3, -0.25) is 0 Å². The minimum Gasteiger partial charge on any atom is -0.120 e. The van der Waals surface area contributed by atoms with Gasteiger partial charge in [-0.2, -0.15) is 0 Å². The third kappa shape index (κ3) is 4.37. The van der Waals surface area contributed by atoms with Crippen LogP contribution in [0.1, 0.15) is 72.6 Å². The lowest BCUT2D eigenvalue weighted by Crippen LogP contribution is -2.20. The second kappa shape index (κ2) is 6.83. The molecule has 0 heterocycles. The molecule has 0 saturated carbocycles. The van der Waals surface area contributed by atoms with Crippen molar-refractivity contribution in [3.8, 4) is 12.3 Å². The van der Waals surface area contributed by atoms with Gasteiger partial charge >= 0.3 is 0 Å². The fraction of sp³-hybridized carbons (Fsp3) is 0.667. The minimum atomic E-state index is 0.418. The van der Waals surface area contributed by atoms with Gasteiger partial charge in [-0.05, 0) is 57.8 Å². The maximum Gasteiger partial charge on any atom is 0.0121 e. The number of rotatable bonds is 5. The fourth-order valence-electron chi connectivity index (χ4n) is 3.05. The zero-order valence-corrected chi connectivity index (χ0v) is 12.6. The van der Waals surface area contributed by atoms with Crippen LogP contribution in [0.4, 0.5) is 0 Å². The molecule has 1 aliphatic carbocycles. The van der Waals surface area contributed by atoms with Crippen molar-refractivity contribution in [3.05, 3.63) is 22.8 Å². The molecule has 0 unspecified atom stereocenters. The highest BCUT2D eigenvalue weighted by molar-refractivity contribution is 5.23. The van der Waals surface area contributed by atoms with E-state index in [-0.39, 0.29) is 0 Å². The van der Waals surface area contributed by atoms with E-state index in [4.69, 9.17) is 6.42 Å². The molecule has 18 heavy (non-hydrogen) atoms. The number of allylic oxidation sites excluding steroid dienone is 4. The van der Waals surface area contributed by atoms with E-state index in [1.54, 1.807) is 11.1 Å². The van der Waals surface area contributed by atoms with Crippen LogP contribution < -0.4 is 0 Å². The first-order valence-electron chi connectivity index (χ1n) is 7.25. The van der Waals surface area contributed by atoms with Gasteiger partial charge in [-0.15, -0.1) is 12.3 Å². The highest BCUT2D eigenvalue weighted by atomic mass is 14.3. The Labute approximate surface area is 114 Å². The zero-order valence-electron chi connectivity index (χ0n) is 12.6. The summed E-state index contributed by atoms with van der Waals surface area (Å²) in [5, 5.41) is 0. The molecule has 0 bridgehead atoms. The van der Waals surface area contributed by atoms with Crippen molar-refractivity contribution >= 4 is 0 Å². The summed E-state index contributed by atoms with van der Waals surface area (Å²) < 4.78 is 0. The molecule has 100 valence electrons. The molecule has 1 rings (SSSR count). The van der Waals surface area contributed by atoms with Gasteiger partial charge in [0.25, 0.3) is 0 Å². The molecule has 0 nitrogen and oxygen atoms in total. The summed E-state index contributed by atoms with van der Waals surface area (Å²) in [5.74, 6) is 2.69. The third-order valence-electron chi connectivity index (χ3n) is 4.24. The zero-order chi connectivity index (χ0) is 13.6. The van der Waals surface area contributed by atoms with Gasteiger partial charge in [-0.25, -0.2) is 0 Å². The molecular formula is C18H28. The third-order valence-corrected chi connectivity index (χ3v) is 4.24. The average molecular weight is 244 g/mol. The first kappa shape index (κ1) is 15.1. The second-order valence-corrected chi connectivity index (χ2v) is 6.29. The lowest BCUT2D eigenvalue weighted by atomic mass is 9.71. The van der Waals surface area contributed by atoms with E-state index in [1.165, 1.54) is 37.7 Å². The summed E-state index contributed by atoms with van der Waals surface area (Å²) in [6, 6.07) is 0. The summed E-state index contributed by atoms with van der Waals surface area (Å²) in [6.45, 7) is 9.38. The van der Waals surface area contributed by atoms with E-state index in [9.17, 15) is 0 Å². The Morgan fingerprint density at radius 2 is 2.17 bits per heavy atom. The van der Waals surface area contributed by atoms with Gasteiger partial charge in [-0.1, -0.05) is 36.6 Å². The van der Waals surface area contributed by atoms with Crippen molar-refractivity contribution in [3.63, 3.8) is 0 Å². The molecule has 0 radical (unpaired) electrons. The molecule has 0 amide bonds. The van der Waals surface area contributed by atoms with Crippen LogP contribution in [0.3, 0.4) is 0 Å². The fourth-order valence-corrected chi connectivity index (χ4v) is 3.05. The molecule has 1 aliphatic rings. The molecular weight excluding hydrogens is 216 g/mol. The molecule has 0 fully saturated rings. The summed E-state index contributed by atoms with van der Waals surface area (Å²) in [7, 11) is 0. The molecule has 0 atom stereocenters. The molecule has 0 heteroatoms. The van der Waals surface area contributed by atoms with Crippen molar-refractivity contribution in [1.29, 1.82) is 0 Å². The first-order valence-corrected chi connectivity index (χ1v) is 7.25. The van der Waals surface area contributed by atoms with Crippen LogP contribution >= 0.6 is 0 Å². The largest absolute Gasteiger partial charge is 0.120 e. The predicted molar refractivity (Wildman–Crippen MR) is 81.4 cm³/mol. The Morgan fingerprint density at radius 3 is 2.78 bits per heavy atom. The second-order valence-electron chi connectivity index (χ2n) is 6.29. The number of unbranched alkanes of at least 4 members (excludes halogenated alkanes) is 1. The van der Waals surface area contributed by atoms with Crippen LogP contribution in [0, 0.1) is 17.8 Å². The van der Waals surface area contributed by atoms with Gasteiger partial charge in [0.2, 0.25) is 0 Å². The SMILES string of the molecule is C#CCC/C=C(\C)CCC1=C(C)CCCC1(C)C. The number of terminal acetylenes is 1. The Bertz CT molecular complexity index is 371. The Kier molecular flexibility index (Phi) is 5.73. The Balaban J connectivity index is 2.57. The van der Waals surface area contributed by atoms with Crippen LogP contribution in [-0.2, 0) is 0 Å². The predicted octanol–water partition coefficient (Wildman–Crippen LogP) is 5.65. The molecule has 0 N–H and O–H groups in total. The van der Waals surface area contributed by atoms with Gasteiger partial charge in [0.15, 0.2) is 0 Å². The Morgan fingerprint density at radius 1 is 1.44 bits per heavy atom. The van der Waals surface area contributed by atoms with Gasteiger partial charge in [0.05, 0.1) is 0 Å². The van der Waals surface area contributed by atoms with E-state index < -0.39 is 0 Å². The average Bonchev–Trinajstić information content (AvgIpc) is 2.28. The van der Waals surface area contributed by atoms with Crippen molar-refractivity contribution < 1.29 is 0 Å². The lowest BCUT2D eigenvalue weighted by molar-refractivity contribution is 0.354. The lowest BCUT2D eigenvalue weighted by Gasteiger charge is -2.34. The van der Waals surface area contributed by atoms with E-state index >= 15 is 0 Å². The van der Waals surface area contributed by atoms with E-state index in [1.807, 2.05) is 0 Å². The van der Waals surface area contributed by atoms with Crippen LogP contribution in [-0.4, -0.2) is 0 Å². The summed E-state index contributed by atoms with van der Waals surface area (Å²) in [5.41, 5.74) is 5.26. The van der Waals surface area contributed by atoms with Crippen LogP contribution in [0.2, 0.25) is 0 Å². The maximum absolute atomic E-state index is 5.27. The Hall–Kier alpha value is -0.960. The topological polar surface area (TPSA) is 0 Å². The van der Waals surface area contributed by atoms with Gasteiger partial charge in [0, 0.05) is 6.42 Å². The van der Waals surface area contributed by atoms with Crippen molar-refractivity contribution in [2.24, 2.45) is 5.41 Å². The molecule has 0 spiro atoms. The van der Waals surface area contributed by atoms with E-state index in [0.717, 1.165) is 12.8 Å². The highest BCUT2D eigenvalue weighted by Gasteiger charge is 2.27. The smallest absolute Gasteiger partial charge is 0.0121 e.